The number of carbonyl (C=O) groups excluding carboxylic acids is 2. The summed E-state index contributed by atoms with van der Waals surface area (Å²) in [6.07, 6.45) is 0.626. The van der Waals surface area contributed by atoms with Crippen molar-refractivity contribution in [3.63, 3.8) is 0 Å². The van der Waals surface area contributed by atoms with Crippen LogP contribution in [0.3, 0.4) is 0 Å². The number of hydrogen-bond donors (Lipinski definition) is 0. The van der Waals surface area contributed by atoms with E-state index in [1.165, 1.54) is 6.92 Å². The Morgan fingerprint density at radius 3 is 2.50 bits per heavy atom. The summed E-state index contributed by atoms with van der Waals surface area (Å²) in [7, 11) is 0. The lowest BCUT2D eigenvalue weighted by Crippen LogP contribution is -2.28. The van der Waals surface area contributed by atoms with Crippen LogP contribution in [0.4, 0.5) is 0 Å². The molecule has 0 amide bonds. The second kappa shape index (κ2) is 8.02. The molecule has 0 radical (unpaired) electrons. The van der Waals surface area contributed by atoms with Gasteiger partial charge in [0.25, 0.3) is 0 Å². The number of rotatable bonds is 6. The standard InChI is InChI=1S/C9H15IO4/c1-3-13-9(12)8(5-4-6-10)14-7(2)11/h8H,3-6H2,1-2H3. The zero-order valence-electron chi connectivity index (χ0n) is 8.42. The zero-order chi connectivity index (χ0) is 11.0. The van der Waals surface area contributed by atoms with Crippen LogP contribution in [-0.4, -0.2) is 29.1 Å². The molecule has 0 heterocycles. The van der Waals surface area contributed by atoms with E-state index in [0.29, 0.717) is 13.0 Å². The number of alkyl halides is 1. The lowest BCUT2D eigenvalue weighted by atomic mass is 10.2. The van der Waals surface area contributed by atoms with Crippen LogP contribution in [-0.2, 0) is 19.1 Å². The van der Waals surface area contributed by atoms with Crippen LogP contribution >= 0.6 is 22.6 Å². The summed E-state index contributed by atoms with van der Waals surface area (Å²) in [5.74, 6) is -0.899. The molecule has 0 aromatic heterocycles. The molecule has 0 bridgehead atoms. The maximum absolute atomic E-state index is 11.3. The highest BCUT2D eigenvalue weighted by atomic mass is 127. The molecule has 5 heteroatoms. The summed E-state index contributed by atoms with van der Waals surface area (Å²) in [5.41, 5.74) is 0. The number of halogens is 1. The van der Waals surface area contributed by atoms with Crippen molar-refractivity contribution in [2.24, 2.45) is 0 Å². The second-order valence-corrected chi connectivity index (χ2v) is 3.76. The van der Waals surface area contributed by atoms with Gasteiger partial charge in [0.1, 0.15) is 0 Å². The van der Waals surface area contributed by atoms with Gasteiger partial charge in [-0.25, -0.2) is 4.79 Å². The van der Waals surface area contributed by atoms with Gasteiger partial charge in [-0.05, 0) is 24.2 Å². The molecular weight excluding hydrogens is 299 g/mol. The molecule has 1 unspecified atom stereocenters. The van der Waals surface area contributed by atoms with Crippen molar-refractivity contribution in [3.05, 3.63) is 0 Å². The van der Waals surface area contributed by atoms with Crippen molar-refractivity contribution < 1.29 is 19.1 Å². The van der Waals surface area contributed by atoms with E-state index in [0.717, 1.165) is 10.8 Å². The number of esters is 2. The Morgan fingerprint density at radius 1 is 1.43 bits per heavy atom. The molecule has 1 atom stereocenters. The third kappa shape index (κ3) is 6.17. The molecule has 0 saturated heterocycles. The molecule has 0 N–H and O–H groups in total. The van der Waals surface area contributed by atoms with Crippen LogP contribution in [0.15, 0.2) is 0 Å². The van der Waals surface area contributed by atoms with E-state index >= 15 is 0 Å². The second-order valence-electron chi connectivity index (χ2n) is 2.68. The summed E-state index contributed by atoms with van der Waals surface area (Å²) >= 11 is 2.21. The van der Waals surface area contributed by atoms with Gasteiger partial charge in [-0.1, -0.05) is 22.6 Å². The van der Waals surface area contributed by atoms with Gasteiger partial charge >= 0.3 is 11.9 Å². The van der Waals surface area contributed by atoms with Gasteiger partial charge in [0.15, 0.2) is 6.10 Å². The SMILES string of the molecule is CCOC(=O)C(CCCI)OC(C)=O. The topological polar surface area (TPSA) is 52.6 Å². The Kier molecular flexibility index (Phi) is 7.83. The lowest BCUT2D eigenvalue weighted by molar-refractivity contribution is -0.166. The first-order chi connectivity index (χ1) is 6.61. The molecule has 4 nitrogen and oxygen atoms in total. The van der Waals surface area contributed by atoms with Gasteiger partial charge < -0.3 is 9.47 Å². The van der Waals surface area contributed by atoms with E-state index in [1.807, 2.05) is 0 Å². The molecule has 14 heavy (non-hydrogen) atoms. The highest BCUT2D eigenvalue weighted by molar-refractivity contribution is 14.1. The summed E-state index contributed by atoms with van der Waals surface area (Å²) in [4.78, 5) is 22.0. The van der Waals surface area contributed by atoms with E-state index < -0.39 is 18.0 Å². The first-order valence-corrected chi connectivity index (χ1v) is 6.04. The molecule has 0 fully saturated rings. The first kappa shape index (κ1) is 13.7. The molecular formula is C9H15IO4. The minimum absolute atomic E-state index is 0.306. The summed E-state index contributed by atoms with van der Waals surface area (Å²) < 4.78 is 10.6. The molecule has 0 aromatic rings. The third-order valence-electron chi connectivity index (χ3n) is 1.46. The van der Waals surface area contributed by atoms with Crippen molar-refractivity contribution in [1.82, 2.24) is 0 Å². The van der Waals surface area contributed by atoms with Gasteiger partial charge in [0.05, 0.1) is 6.61 Å². The fourth-order valence-corrected chi connectivity index (χ4v) is 1.36. The Balaban J connectivity index is 4.08. The average Bonchev–Trinajstić information content (AvgIpc) is 2.12. The normalized spacial score (nSPS) is 11.9. The quantitative estimate of drug-likeness (QED) is 0.425. The van der Waals surface area contributed by atoms with E-state index in [4.69, 9.17) is 9.47 Å². The molecule has 0 aromatic carbocycles. The van der Waals surface area contributed by atoms with Crippen LogP contribution in [0.1, 0.15) is 26.7 Å². The van der Waals surface area contributed by atoms with Crippen molar-refractivity contribution in [1.29, 1.82) is 0 Å². The first-order valence-electron chi connectivity index (χ1n) is 4.51. The van der Waals surface area contributed by atoms with Crippen molar-refractivity contribution in [2.75, 3.05) is 11.0 Å². The van der Waals surface area contributed by atoms with E-state index in [-0.39, 0.29) is 0 Å². The summed E-state index contributed by atoms with van der Waals surface area (Å²) in [5, 5.41) is 0. The summed E-state index contributed by atoms with van der Waals surface area (Å²) in [6, 6.07) is 0. The highest BCUT2D eigenvalue weighted by Crippen LogP contribution is 2.07. The van der Waals surface area contributed by atoms with Crippen LogP contribution in [0.25, 0.3) is 0 Å². The zero-order valence-corrected chi connectivity index (χ0v) is 10.6. The lowest BCUT2D eigenvalue weighted by Gasteiger charge is -2.14. The predicted molar refractivity (Wildman–Crippen MR) is 60.3 cm³/mol. The number of carbonyl (C=O) groups is 2. The molecule has 0 saturated carbocycles. The minimum Gasteiger partial charge on any atom is -0.463 e. The van der Waals surface area contributed by atoms with Gasteiger partial charge in [0, 0.05) is 6.92 Å². The Morgan fingerprint density at radius 2 is 2.07 bits per heavy atom. The molecule has 0 aliphatic carbocycles. The van der Waals surface area contributed by atoms with Gasteiger partial charge in [0.2, 0.25) is 0 Å². The van der Waals surface area contributed by atoms with Crippen LogP contribution in [0.5, 0.6) is 0 Å². The van der Waals surface area contributed by atoms with Gasteiger partial charge in [-0.3, -0.25) is 4.79 Å². The number of hydrogen-bond acceptors (Lipinski definition) is 4. The van der Waals surface area contributed by atoms with E-state index in [2.05, 4.69) is 22.6 Å². The fraction of sp³-hybridized carbons (Fsp3) is 0.778. The van der Waals surface area contributed by atoms with Crippen molar-refractivity contribution in [2.45, 2.75) is 32.8 Å². The Labute approximate surface area is 97.5 Å². The van der Waals surface area contributed by atoms with Crippen LogP contribution < -0.4 is 0 Å². The summed E-state index contributed by atoms with van der Waals surface area (Å²) in [6.45, 7) is 3.32. The highest BCUT2D eigenvalue weighted by Gasteiger charge is 2.21. The van der Waals surface area contributed by atoms with Crippen LogP contribution in [0.2, 0.25) is 0 Å². The van der Waals surface area contributed by atoms with E-state index in [1.54, 1.807) is 6.92 Å². The molecule has 0 spiro atoms. The molecule has 82 valence electrons. The minimum atomic E-state index is -0.734. The smallest absolute Gasteiger partial charge is 0.347 e. The Hall–Kier alpha value is -0.330. The van der Waals surface area contributed by atoms with Crippen molar-refractivity contribution >= 4 is 34.5 Å². The van der Waals surface area contributed by atoms with Crippen LogP contribution in [0, 0.1) is 0 Å². The Bertz CT molecular complexity index is 193. The average molecular weight is 314 g/mol. The molecule has 0 rings (SSSR count). The maximum atomic E-state index is 11.3. The monoisotopic (exact) mass is 314 g/mol. The van der Waals surface area contributed by atoms with Gasteiger partial charge in [-0.2, -0.15) is 0 Å². The maximum Gasteiger partial charge on any atom is 0.347 e. The predicted octanol–water partition coefficient (Wildman–Crippen LogP) is 1.70. The largest absolute Gasteiger partial charge is 0.463 e. The molecule has 0 aliphatic heterocycles. The third-order valence-corrected chi connectivity index (χ3v) is 2.22. The number of ether oxygens (including phenoxy) is 2. The molecule has 0 aliphatic rings. The van der Waals surface area contributed by atoms with Gasteiger partial charge in [-0.15, -0.1) is 0 Å². The van der Waals surface area contributed by atoms with Crippen molar-refractivity contribution in [3.8, 4) is 0 Å². The fourth-order valence-electron chi connectivity index (χ4n) is 0.923. The van der Waals surface area contributed by atoms with E-state index in [9.17, 15) is 9.59 Å².